The van der Waals surface area contributed by atoms with Gasteiger partial charge in [-0.05, 0) is 36.3 Å². The van der Waals surface area contributed by atoms with Crippen molar-refractivity contribution in [2.45, 2.75) is 38.0 Å². The fourth-order valence-corrected chi connectivity index (χ4v) is 3.43. The molecule has 1 saturated carbocycles. The van der Waals surface area contributed by atoms with Crippen molar-refractivity contribution in [1.29, 1.82) is 0 Å². The Morgan fingerprint density at radius 2 is 2.17 bits per heavy atom. The number of H-pyrrole nitrogens is 1. The second-order valence-electron chi connectivity index (χ2n) is 5.81. The lowest BCUT2D eigenvalue weighted by molar-refractivity contribution is 0.113. The number of para-hydroxylation sites is 1. The Kier molecular flexibility index (Phi) is 2.90. The van der Waals surface area contributed by atoms with Crippen LogP contribution in [0.2, 0.25) is 0 Å². The van der Waals surface area contributed by atoms with Gasteiger partial charge in [0.15, 0.2) is 0 Å². The van der Waals surface area contributed by atoms with Gasteiger partial charge in [-0.2, -0.15) is 0 Å². The molecule has 1 heterocycles. The van der Waals surface area contributed by atoms with Crippen LogP contribution in [0.25, 0.3) is 10.9 Å². The predicted octanol–water partition coefficient (Wildman–Crippen LogP) is 3.61. The summed E-state index contributed by atoms with van der Waals surface area (Å²) >= 11 is 0. The number of aromatic amines is 1. The number of hydrogen-bond acceptors (Lipinski definition) is 1. The largest absolute Gasteiger partial charge is 0.396 e. The molecule has 2 aromatic rings. The number of fused-ring (bicyclic) bond motifs is 1. The molecule has 2 atom stereocenters. The number of aliphatic hydroxyl groups is 1. The van der Waals surface area contributed by atoms with Crippen LogP contribution < -0.4 is 0 Å². The van der Waals surface area contributed by atoms with Crippen LogP contribution in [-0.4, -0.2) is 16.7 Å². The molecule has 2 unspecified atom stereocenters. The molecule has 1 aliphatic carbocycles. The summed E-state index contributed by atoms with van der Waals surface area (Å²) in [4.78, 5) is 3.56. The second kappa shape index (κ2) is 4.43. The van der Waals surface area contributed by atoms with Gasteiger partial charge < -0.3 is 10.1 Å². The standard InChI is InChI=1S/C16H21NO/c1-16(9-5-4-7-13(16)11-18)15-10-12-6-2-3-8-14(12)17-15/h2-3,6,8,10,13,17-18H,4-5,7,9,11H2,1H3. The lowest BCUT2D eigenvalue weighted by Gasteiger charge is -2.40. The third-order valence-corrected chi connectivity index (χ3v) is 4.77. The van der Waals surface area contributed by atoms with E-state index in [4.69, 9.17) is 0 Å². The highest BCUT2D eigenvalue weighted by molar-refractivity contribution is 5.80. The molecule has 0 saturated heterocycles. The second-order valence-corrected chi connectivity index (χ2v) is 5.81. The zero-order chi connectivity index (χ0) is 12.6. The van der Waals surface area contributed by atoms with Crippen LogP contribution in [0.1, 0.15) is 38.3 Å². The van der Waals surface area contributed by atoms with Crippen molar-refractivity contribution in [3.05, 3.63) is 36.0 Å². The smallest absolute Gasteiger partial charge is 0.0468 e. The number of aromatic nitrogens is 1. The first-order valence-corrected chi connectivity index (χ1v) is 6.93. The van der Waals surface area contributed by atoms with Gasteiger partial charge in [-0.15, -0.1) is 0 Å². The molecule has 96 valence electrons. The summed E-state index contributed by atoms with van der Waals surface area (Å²) < 4.78 is 0. The molecule has 0 amide bonds. The highest BCUT2D eigenvalue weighted by Gasteiger charge is 2.38. The van der Waals surface area contributed by atoms with Crippen molar-refractivity contribution < 1.29 is 5.11 Å². The van der Waals surface area contributed by atoms with Crippen molar-refractivity contribution in [1.82, 2.24) is 4.98 Å². The van der Waals surface area contributed by atoms with Gasteiger partial charge in [0.1, 0.15) is 0 Å². The predicted molar refractivity (Wildman–Crippen MR) is 74.7 cm³/mol. The molecular weight excluding hydrogens is 222 g/mol. The van der Waals surface area contributed by atoms with E-state index >= 15 is 0 Å². The molecule has 0 spiro atoms. The summed E-state index contributed by atoms with van der Waals surface area (Å²) in [5.74, 6) is 0.388. The Morgan fingerprint density at radius 3 is 2.94 bits per heavy atom. The van der Waals surface area contributed by atoms with E-state index in [0.717, 1.165) is 6.42 Å². The Labute approximate surface area is 108 Å². The van der Waals surface area contributed by atoms with Crippen molar-refractivity contribution >= 4 is 10.9 Å². The number of aliphatic hydroxyl groups excluding tert-OH is 1. The molecule has 0 bridgehead atoms. The van der Waals surface area contributed by atoms with Crippen LogP contribution in [0, 0.1) is 5.92 Å². The number of hydrogen-bond donors (Lipinski definition) is 2. The summed E-state index contributed by atoms with van der Waals surface area (Å²) in [5.41, 5.74) is 2.60. The van der Waals surface area contributed by atoms with Crippen molar-refractivity contribution in [3.8, 4) is 0 Å². The summed E-state index contributed by atoms with van der Waals surface area (Å²) in [6.07, 6.45) is 4.83. The highest BCUT2D eigenvalue weighted by Crippen LogP contribution is 2.43. The zero-order valence-corrected chi connectivity index (χ0v) is 10.9. The zero-order valence-electron chi connectivity index (χ0n) is 10.9. The summed E-state index contributed by atoms with van der Waals surface area (Å²) in [6.45, 7) is 2.60. The average molecular weight is 243 g/mol. The van der Waals surface area contributed by atoms with Gasteiger partial charge in [-0.1, -0.05) is 38.0 Å². The van der Waals surface area contributed by atoms with Gasteiger partial charge in [0.05, 0.1) is 0 Å². The molecule has 2 nitrogen and oxygen atoms in total. The fourth-order valence-electron chi connectivity index (χ4n) is 3.43. The van der Waals surface area contributed by atoms with Gasteiger partial charge in [0.25, 0.3) is 0 Å². The summed E-state index contributed by atoms with van der Waals surface area (Å²) in [7, 11) is 0. The quantitative estimate of drug-likeness (QED) is 0.830. The Hall–Kier alpha value is -1.28. The van der Waals surface area contributed by atoms with E-state index in [0.29, 0.717) is 12.5 Å². The van der Waals surface area contributed by atoms with Crippen LogP contribution in [-0.2, 0) is 5.41 Å². The molecule has 2 N–H and O–H groups in total. The van der Waals surface area contributed by atoms with Gasteiger partial charge in [0.2, 0.25) is 0 Å². The normalized spacial score (nSPS) is 28.7. The van der Waals surface area contributed by atoms with Crippen LogP contribution in [0.5, 0.6) is 0 Å². The fraction of sp³-hybridized carbons (Fsp3) is 0.500. The van der Waals surface area contributed by atoms with Crippen LogP contribution >= 0.6 is 0 Å². The highest BCUT2D eigenvalue weighted by atomic mass is 16.3. The summed E-state index contributed by atoms with van der Waals surface area (Å²) in [5, 5.41) is 10.9. The minimum absolute atomic E-state index is 0.103. The maximum absolute atomic E-state index is 9.65. The Morgan fingerprint density at radius 1 is 1.33 bits per heavy atom. The third-order valence-electron chi connectivity index (χ3n) is 4.77. The van der Waals surface area contributed by atoms with Gasteiger partial charge in [-0.3, -0.25) is 0 Å². The van der Waals surface area contributed by atoms with Crippen LogP contribution in [0.3, 0.4) is 0 Å². The lowest BCUT2D eigenvalue weighted by Crippen LogP contribution is -2.37. The first-order valence-electron chi connectivity index (χ1n) is 6.93. The molecule has 2 heteroatoms. The molecule has 18 heavy (non-hydrogen) atoms. The average Bonchev–Trinajstić information content (AvgIpc) is 2.83. The first-order chi connectivity index (χ1) is 8.74. The van der Waals surface area contributed by atoms with E-state index in [2.05, 4.69) is 42.2 Å². The third kappa shape index (κ3) is 1.76. The van der Waals surface area contributed by atoms with E-state index in [1.807, 2.05) is 0 Å². The van der Waals surface area contributed by atoms with E-state index in [-0.39, 0.29) is 5.41 Å². The molecule has 1 fully saturated rings. The number of rotatable bonds is 2. The topological polar surface area (TPSA) is 36.0 Å². The Balaban J connectivity index is 2.05. The van der Waals surface area contributed by atoms with E-state index in [1.54, 1.807) is 0 Å². The molecule has 0 radical (unpaired) electrons. The molecule has 1 aliphatic rings. The molecule has 3 rings (SSSR count). The molecule has 0 aliphatic heterocycles. The minimum Gasteiger partial charge on any atom is -0.396 e. The van der Waals surface area contributed by atoms with E-state index in [9.17, 15) is 5.11 Å². The monoisotopic (exact) mass is 243 g/mol. The van der Waals surface area contributed by atoms with Crippen molar-refractivity contribution in [3.63, 3.8) is 0 Å². The van der Waals surface area contributed by atoms with Crippen molar-refractivity contribution in [2.24, 2.45) is 5.92 Å². The van der Waals surface area contributed by atoms with Gasteiger partial charge in [-0.25, -0.2) is 0 Å². The minimum atomic E-state index is 0.103. The maximum Gasteiger partial charge on any atom is 0.0468 e. The Bertz CT molecular complexity index is 512. The lowest BCUT2D eigenvalue weighted by atomic mass is 9.66. The van der Waals surface area contributed by atoms with E-state index < -0.39 is 0 Å². The summed E-state index contributed by atoms with van der Waals surface area (Å²) in [6, 6.07) is 10.7. The number of benzene rings is 1. The van der Waals surface area contributed by atoms with Crippen LogP contribution in [0.15, 0.2) is 30.3 Å². The van der Waals surface area contributed by atoms with Crippen molar-refractivity contribution in [2.75, 3.05) is 6.61 Å². The maximum atomic E-state index is 9.65. The van der Waals surface area contributed by atoms with Gasteiger partial charge in [0, 0.05) is 23.2 Å². The SMILES string of the molecule is CC1(c2cc3ccccc3[nH]2)CCCCC1CO. The molecule has 1 aromatic carbocycles. The number of nitrogens with one attached hydrogen (secondary N) is 1. The molecular formula is C16H21NO. The van der Waals surface area contributed by atoms with Crippen LogP contribution in [0.4, 0.5) is 0 Å². The molecule has 1 aromatic heterocycles. The van der Waals surface area contributed by atoms with Gasteiger partial charge >= 0.3 is 0 Å². The van der Waals surface area contributed by atoms with E-state index in [1.165, 1.54) is 35.9 Å². The first kappa shape index (κ1) is 11.8.